The summed E-state index contributed by atoms with van der Waals surface area (Å²) in [7, 11) is 2.89. The Morgan fingerprint density at radius 3 is 2.45 bits per heavy atom. The smallest absolute Gasteiger partial charge is 0.276 e. The lowest BCUT2D eigenvalue weighted by Crippen LogP contribution is -2.32. The van der Waals surface area contributed by atoms with Crippen LogP contribution in [0.15, 0.2) is 12.1 Å². The van der Waals surface area contributed by atoms with E-state index in [4.69, 9.17) is 9.47 Å². The van der Waals surface area contributed by atoms with E-state index in [1.54, 1.807) is 13.0 Å². The number of thioether (sulfide) groups is 1. The number of nitro groups is 1. The fourth-order valence-corrected chi connectivity index (χ4v) is 2.15. The van der Waals surface area contributed by atoms with Gasteiger partial charge in [0.25, 0.3) is 5.69 Å². The van der Waals surface area contributed by atoms with Gasteiger partial charge in [0.2, 0.25) is 5.91 Å². The number of nitrogens with zero attached hydrogens (tertiary/aromatic N) is 1. The third-order valence-electron chi connectivity index (χ3n) is 3.20. The number of benzene rings is 1. The van der Waals surface area contributed by atoms with Crippen LogP contribution < -0.4 is 14.8 Å². The molecule has 1 aromatic rings. The molecule has 0 aliphatic rings. The van der Waals surface area contributed by atoms with Gasteiger partial charge in [0.05, 0.1) is 30.5 Å². The van der Waals surface area contributed by atoms with Crippen molar-refractivity contribution in [2.75, 3.05) is 27.0 Å². The largest absolute Gasteiger partial charge is 0.493 e. The summed E-state index contributed by atoms with van der Waals surface area (Å²) in [6.07, 6.45) is 2.19. The monoisotopic (exact) mass is 328 g/mol. The normalized spacial score (nSPS) is 11.6. The minimum absolute atomic E-state index is 0.0511. The number of methoxy groups -OCH3 is 2. The number of amides is 1. The minimum atomic E-state index is -0.469. The van der Waals surface area contributed by atoms with E-state index in [9.17, 15) is 14.9 Å². The number of hydrogen-bond donors (Lipinski definition) is 1. The van der Waals surface area contributed by atoms with Crippen LogP contribution in [0.5, 0.6) is 11.5 Å². The molecule has 1 rings (SSSR count). The molecule has 122 valence electrons. The molecule has 1 atom stereocenters. The van der Waals surface area contributed by atoms with Gasteiger partial charge in [-0.2, -0.15) is 11.8 Å². The molecule has 0 saturated carbocycles. The average molecular weight is 328 g/mol. The molecule has 0 fully saturated rings. The van der Waals surface area contributed by atoms with Crippen LogP contribution in [0.25, 0.3) is 0 Å². The SMILES string of the molecule is COc1cc(CCNC(=O)[C@@H](C)SC)c([N+](=O)[O-])cc1OC. The fourth-order valence-electron chi connectivity index (χ4n) is 1.85. The molecule has 0 unspecified atom stereocenters. The number of carbonyl (C=O) groups excluding carboxylic acids is 1. The molecular formula is C14H20N2O5S. The van der Waals surface area contributed by atoms with Crippen molar-refractivity contribution in [2.45, 2.75) is 18.6 Å². The minimum Gasteiger partial charge on any atom is -0.493 e. The van der Waals surface area contributed by atoms with Crippen LogP contribution in [0.1, 0.15) is 12.5 Å². The van der Waals surface area contributed by atoms with Gasteiger partial charge in [0.15, 0.2) is 11.5 Å². The van der Waals surface area contributed by atoms with Crippen LogP contribution in [0.4, 0.5) is 5.69 Å². The van der Waals surface area contributed by atoms with E-state index in [0.29, 0.717) is 30.0 Å². The molecule has 1 aromatic carbocycles. The van der Waals surface area contributed by atoms with Crippen LogP contribution in [0.2, 0.25) is 0 Å². The second-order valence-corrected chi connectivity index (χ2v) is 5.69. The summed E-state index contributed by atoms with van der Waals surface area (Å²) in [5.41, 5.74) is 0.435. The fraction of sp³-hybridized carbons (Fsp3) is 0.500. The Morgan fingerprint density at radius 2 is 1.95 bits per heavy atom. The standard InChI is InChI=1S/C14H20N2O5S/c1-9(22-4)14(17)15-6-5-10-7-12(20-2)13(21-3)8-11(10)16(18)19/h7-9H,5-6H2,1-4H3,(H,15,17)/t9-/m1/s1. The van der Waals surface area contributed by atoms with Gasteiger partial charge >= 0.3 is 0 Å². The number of rotatable bonds is 8. The molecule has 8 heteroatoms. The number of carbonyl (C=O) groups is 1. The van der Waals surface area contributed by atoms with Crippen LogP contribution in [0, 0.1) is 10.1 Å². The van der Waals surface area contributed by atoms with Gasteiger partial charge in [-0.1, -0.05) is 0 Å². The van der Waals surface area contributed by atoms with Crippen molar-refractivity contribution in [1.82, 2.24) is 5.32 Å². The van der Waals surface area contributed by atoms with Gasteiger partial charge < -0.3 is 14.8 Å². The Kier molecular flexibility index (Phi) is 6.97. The molecule has 0 radical (unpaired) electrons. The molecule has 0 spiro atoms. The molecule has 0 aromatic heterocycles. The highest BCUT2D eigenvalue weighted by Gasteiger charge is 2.19. The molecule has 0 heterocycles. The second kappa shape index (κ2) is 8.47. The Labute approximate surface area is 133 Å². The van der Waals surface area contributed by atoms with E-state index in [1.165, 1.54) is 32.0 Å². The van der Waals surface area contributed by atoms with Crippen LogP contribution in [-0.4, -0.2) is 43.1 Å². The van der Waals surface area contributed by atoms with Crippen molar-refractivity contribution in [3.63, 3.8) is 0 Å². The number of ether oxygens (including phenoxy) is 2. The molecule has 1 N–H and O–H groups in total. The summed E-state index contributed by atoms with van der Waals surface area (Å²) in [6.45, 7) is 2.12. The summed E-state index contributed by atoms with van der Waals surface area (Å²) in [5, 5.41) is 13.8. The van der Waals surface area contributed by atoms with Crippen molar-refractivity contribution < 1.29 is 19.2 Å². The average Bonchev–Trinajstić information content (AvgIpc) is 2.52. The topological polar surface area (TPSA) is 90.7 Å². The lowest BCUT2D eigenvalue weighted by molar-refractivity contribution is -0.385. The van der Waals surface area contributed by atoms with E-state index < -0.39 is 4.92 Å². The molecule has 22 heavy (non-hydrogen) atoms. The summed E-state index contributed by atoms with van der Waals surface area (Å²) in [4.78, 5) is 22.4. The summed E-state index contributed by atoms with van der Waals surface area (Å²) >= 11 is 1.44. The molecule has 1 amide bonds. The third-order valence-corrected chi connectivity index (χ3v) is 4.12. The predicted octanol–water partition coefficient (Wildman–Crippen LogP) is 2.02. The highest BCUT2D eigenvalue weighted by Crippen LogP contribution is 2.34. The Bertz CT molecular complexity index is 550. The van der Waals surface area contributed by atoms with E-state index in [2.05, 4.69) is 5.32 Å². The maximum absolute atomic E-state index is 11.7. The second-order valence-electron chi connectivity index (χ2n) is 4.51. The first-order chi connectivity index (χ1) is 10.4. The van der Waals surface area contributed by atoms with Crippen LogP contribution in [-0.2, 0) is 11.2 Å². The zero-order valence-corrected chi connectivity index (χ0v) is 13.9. The lowest BCUT2D eigenvalue weighted by atomic mass is 10.1. The zero-order valence-electron chi connectivity index (χ0n) is 13.0. The van der Waals surface area contributed by atoms with E-state index in [0.717, 1.165) is 0 Å². The van der Waals surface area contributed by atoms with Gasteiger partial charge in [-0.25, -0.2) is 0 Å². The third kappa shape index (κ3) is 4.52. The van der Waals surface area contributed by atoms with Gasteiger partial charge in [-0.05, 0) is 25.7 Å². The molecule has 0 aliphatic carbocycles. The summed E-state index contributed by atoms with van der Waals surface area (Å²) < 4.78 is 10.2. The van der Waals surface area contributed by atoms with Crippen LogP contribution >= 0.6 is 11.8 Å². The van der Waals surface area contributed by atoms with Gasteiger partial charge in [-0.15, -0.1) is 0 Å². The van der Waals surface area contributed by atoms with Crippen LogP contribution in [0.3, 0.4) is 0 Å². The Hall–Kier alpha value is -1.96. The quantitative estimate of drug-likeness (QED) is 0.580. The summed E-state index contributed by atoms with van der Waals surface area (Å²) in [5.74, 6) is 0.639. The Balaban J connectivity index is 2.89. The van der Waals surface area contributed by atoms with Crippen molar-refractivity contribution in [3.8, 4) is 11.5 Å². The van der Waals surface area contributed by atoms with Gasteiger partial charge in [0.1, 0.15) is 0 Å². The van der Waals surface area contributed by atoms with Crippen molar-refractivity contribution >= 4 is 23.4 Å². The molecule has 0 aliphatic heterocycles. The Morgan fingerprint density at radius 1 is 1.36 bits per heavy atom. The van der Waals surface area contributed by atoms with Crippen molar-refractivity contribution in [1.29, 1.82) is 0 Å². The number of nitrogens with one attached hydrogen (secondary N) is 1. The number of nitro benzene ring substituents is 1. The van der Waals surface area contributed by atoms with Gasteiger partial charge in [-0.3, -0.25) is 14.9 Å². The first-order valence-electron chi connectivity index (χ1n) is 6.64. The summed E-state index contributed by atoms with van der Waals surface area (Å²) in [6, 6.07) is 2.90. The molecular weight excluding hydrogens is 308 g/mol. The lowest BCUT2D eigenvalue weighted by Gasteiger charge is -2.12. The molecule has 7 nitrogen and oxygen atoms in total. The van der Waals surface area contributed by atoms with Crippen molar-refractivity contribution in [3.05, 3.63) is 27.8 Å². The molecule has 0 bridgehead atoms. The number of hydrogen-bond acceptors (Lipinski definition) is 6. The maximum Gasteiger partial charge on any atom is 0.276 e. The first-order valence-corrected chi connectivity index (χ1v) is 7.93. The first kappa shape index (κ1) is 18.1. The highest BCUT2D eigenvalue weighted by atomic mass is 32.2. The van der Waals surface area contributed by atoms with E-state index >= 15 is 0 Å². The molecule has 0 saturated heterocycles. The maximum atomic E-state index is 11.7. The van der Waals surface area contributed by atoms with Crippen molar-refractivity contribution in [2.24, 2.45) is 0 Å². The van der Waals surface area contributed by atoms with E-state index in [-0.39, 0.29) is 16.8 Å². The van der Waals surface area contributed by atoms with Gasteiger partial charge in [0, 0.05) is 12.1 Å². The zero-order chi connectivity index (χ0) is 16.7. The highest BCUT2D eigenvalue weighted by molar-refractivity contribution is 7.99. The van der Waals surface area contributed by atoms with E-state index in [1.807, 2.05) is 6.26 Å². The predicted molar refractivity (Wildman–Crippen MR) is 85.9 cm³/mol.